The van der Waals surface area contributed by atoms with Gasteiger partial charge in [-0.25, -0.2) is 0 Å². The second kappa shape index (κ2) is 10.0. The van der Waals surface area contributed by atoms with Crippen LogP contribution in [0.3, 0.4) is 0 Å². The van der Waals surface area contributed by atoms with Crippen molar-refractivity contribution < 1.29 is 14.3 Å². The summed E-state index contributed by atoms with van der Waals surface area (Å²) in [6.07, 6.45) is 0.639. The summed E-state index contributed by atoms with van der Waals surface area (Å²) >= 11 is 5.97. The van der Waals surface area contributed by atoms with Crippen molar-refractivity contribution in [3.05, 3.63) is 34.9 Å². The minimum absolute atomic E-state index is 0.0977. The number of methoxy groups -OCH3 is 1. The number of hydrogen-bond acceptors (Lipinski definition) is 4. The molecule has 0 radical (unpaired) electrons. The Morgan fingerprint density at radius 2 is 1.92 bits per heavy atom. The van der Waals surface area contributed by atoms with Crippen LogP contribution >= 0.6 is 11.6 Å². The van der Waals surface area contributed by atoms with E-state index in [9.17, 15) is 9.59 Å². The second-order valence-corrected chi connectivity index (χ2v) is 6.41. The van der Waals surface area contributed by atoms with E-state index in [-0.39, 0.29) is 18.3 Å². The van der Waals surface area contributed by atoms with Gasteiger partial charge in [0.15, 0.2) is 5.96 Å². The van der Waals surface area contributed by atoms with Crippen LogP contribution in [0.2, 0.25) is 5.02 Å². The van der Waals surface area contributed by atoms with Crippen LogP contribution in [-0.2, 0) is 20.7 Å². The monoisotopic (exact) mass is 380 g/mol. The summed E-state index contributed by atoms with van der Waals surface area (Å²) in [4.78, 5) is 31.8. The molecule has 8 heteroatoms. The molecule has 0 saturated carbocycles. The molecule has 1 aliphatic rings. The SMILES string of the molecule is CN=C(NCCC(=O)OC)N1CCN(C(=O)Cc2cccc(Cl)c2)CC1. The number of guanidine groups is 1. The van der Waals surface area contributed by atoms with E-state index in [0.29, 0.717) is 44.2 Å². The number of rotatable bonds is 5. The highest BCUT2D eigenvalue weighted by molar-refractivity contribution is 6.30. The molecule has 0 aliphatic carbocycles. The Morgan fingerprint density at radius 3 is 2.54 bits per heavy atom. The van der Waals surface area contributed by atoms with Gasteiger partial charge in [-0.2, -0.15) is 0 Å². The van der Waals surface area contributed by atoms with Crippen LogP contribution in [0.4, 0.5) is 0 Å². The fourth-order valence-corrected chi connectivity index (χ4v) is 3.02. The minimum Gasteiger partial charge on any atom is -0.469 e. The lowest BCUT2D eigenvalue weighted by Crippen LogP contribution is -2.54. The van der Waals surface area contributed by atoms with Gasteiger partial charge in [-0.1, -0.05) is 23.7 Å². The standard InChI is InChI=1S/C18H25ClN4O3/c1-20-18(21-7-6-17(25)26-2)23-10-8-22(9-11-23)16(24)13-14-4-3-5-15(19)12-14/h3-5,12H,6-11,13H2,1-2H3,(H,20,21). The minimum atomic E-state index is -0.260. The highest BCUT2D eigenvalue weighted by Gasteiger charge is 2.23. The molecule has 1 amide bonds. The fourth-order valence-electron chi connectivity index (χ4n) is 2.81. The summed E-state index contributed by atoms with van der Waals surface area (Å²) in [5.41, 5.74) is 0.921. The first-order chi connectivity index (χ1) is 12.5. The molecule has 0 spiro atoms. The first-order valence-corrected chi connectivity index (χ1v) is 8.96. The molecule has 1 N–H and O–H groups in total. The molecule has 0 bridgehead atoms. The third-order valence-electron chi connectivity index (χ3n) is 4.23. The van der Waals surface area contributed by atoms with Crippen LogP contribution in [0.15, 0.2) is 29.3 Å². The zero-order valence-corrected chi connectivity index (χ0v) is 16.0. The predicted octanol–water partition coefficient (Wildman–Crippen LogP) is 1.17. The number of piperazine rings is 1. The van der Waals surface area contributed by atoms with Gasteiger partial charge in [0.25, 0.3) is 0 Å². The average molecular weight is 381 g/mol. The third kappa shape index (κ3) is 5.91. The summed E-state index contributed by atoms with van der Waals surface area (Å²) < 4.78 is 4.62. The van der Waals surface area contributed by atoms with E-state index in [1.165, 1.54) is 7.11 Å². The van der Waals surface area contributed by atoms with Crippen molar-refractivity contribution in [2.75, 3.05) is 46.9 Å². The van der Waals surface area contributed by atoms with Gasteiger partial charge in [-0.05, 0) is 17.7 Å². The molecule has 7 nitrogen and oxygen atoms in total. The molecule has 26 heavy (non-hydrogen) atoms. The molecule has 0 atom stereocenters. The first kappa shape index (κ1) is 20.0. The van der Waals surface area contributed by atoms with E-state index in [0.717, 1.165) is 11.5 Å². The number of carbonyl (C=O) groups is 2. The molecule has 142 valence electrons. The van der Waals surface area contributed by atoms with Crippen molar-refractivity contribution in [1.82, 2.24) is 15.1 Å². The van der Waals surface area contributed by atoms with Crippen molar-refractivity contribution >= 4 is 29.4 Å². The van der Waals surface area contributed by atoms with Gasteiger partial charge in [-0.3, -0.25) is 14.6 Å². The lowest BCUT2D eigenvalue weighted by molar-refractivity contribution is -0.140. The number of aliphatic imine (C=N–C) groups is 1. The molecule has 0 unspecified atom stereocenters. The van der Waals surface area contributed by atoms with Crippen LogP contribution < -0.4 is 5.32 Å². The molecule has 1 saturated heterocycles. The molecule has 1 heterocycles. The number of nitrogens with one attached hydrogen (secondary N) is 1. The molecule has 0 aromatic heterocycles. The largest absolute Gasteiger partial charge is 0.469 e. The summed E-state index contributed by atoms with van der Waals surface area (Å²) in [6, 6.07) is 7.38. The van der Waals surface area contributed by atoms with E-state index in [4.69, 9.17) is 11.6 Å². The Hall–Kier alpha value is -2.28. The van der Waals surface area contributed by atoms with Gasteiger partial charge in [0, 0.05) is 44.8 Å². The fraction of sp³-hybridized carbons (Fsp3) is 0.500. The molecule has 1 aliphatic heterocycles. The number of carbonyl (C=O) groups excluding carboxylic acids is 2. The van der Waals surface area contributed by atoms with Crippen molar-refractivity contribution in [3.63, 3.8) is 0 Å². The van der Waals surface area contributed by atoms with Crippen molar-refractivity contribution in [2.45, 2.75) is 12.8 Å². The molecule has 1 fully saturated rings. The quantitative estimate of drug-likeness (QED) is 0.471. The second-order valence-electron chi connectivity index (χ2n) is 5.97. The van der Waals surface area contributed by atoms with E-state index >= 15 is 0 Å². The normalized spacial score (nSPS) is 15.0. The van der Waals surface area contributed by atoms with Gasteiger partial charge in [0.2, 0.25) is 5.91 Å². The highest BCUT2D eigenvalue weighted by atomic mass is 35.5. The van der Waals surface area contributed by atoms with Crippen LogP contribution in [0.5, 0.6) is 0 Å². The smallest absolute Gasteiger partial charge is 0.307 e. The van der Waals surface area contributed by atoms with Crippen LogP contribution in [0.25, 0.3) is 0 Å². The Bertz CT molecular complexity index is 658. The summed E-state index contributed by atoms with van der Waals surface area (Å²) in [7, 11) is 3.08. The molecule has 2 rings (SSSR count). The molecule has 1 aromatic carbocycles. The van der Waals surface area contributed by atoms with Crippen molar-refractivity contribution in [2.24, 2.45) is 4.99 Å². The Kier molecular flexibility index (Phi) is 7.72. The molecule has 1 aromatic rings. The lowest BCUT2D eigenvalue weighted by atomic mass is 10.1. The highest BCUT2D eigenvalue weighted by Crippen LogP contribution is 2.13. The van der Waals surface area contributed by atoms with Gasteiger partial charge in [-0.15, -0.1) is 0 Å². The summed E-state index contributed by atoms with van der Waals surface area (Å²) in [5, 5.41) is 3.79. The lowest BCUT2D eigenvalue weighted by Gasteiger charge is -2.36. The van der Waals surface area contributed by atoms with Crippen LogP contribution in [-0.4, -0.2) is 74.5 Å². The Labute approximate surface area is 159 Å². The molecular formula is C18H25ClN4O3. The maximum Gasteiger partial charge on any atom is 0.307 e. The zero-order valence-electron chi connectivity index (χ0n) is 15.2. The predicted molar refractivity (Wildman–Crippen MR) is 101 cm³/mol. The first-order valence-electron chi connectivity index (χ1n) is 8.58. The van der Waals surface area contributed by atoms with Crippen molar-refractivity contribution in [3.8, 4) is 0 Å². The maximum absolute atomic E-state index is 12.5. The number of halogens is 1. The van der Waals surface area contributed by atoms with E-state index in [1.54, 1.807) is 13.1 Å². The van der Waals surface area contributed by atoms with E-state index in [2.05, 4.69) is 19.9 Å². The van der Waals surface area contributed by atoms with Gasteiger partial charge in [0.05, 0.1) is 20.0 Å². The Balaban J connectivity index is 1.79. The maximum atomic E-state index is 12.5. The van der Waals surface area contributed by atoms with Crippen LogP contribution in [0, 0.1) is 0 Å². The van der Waals surface area contributed by atoms with Gasteiger partial charge >= 0.3 is 5.97 Å². The van der Waals surface area contributed by atoms with E-state index in [1.807, 2.05) is 23.1 Å². The topological polar surface area (TPSA) is 74.2 Å². The number of amides is 1. The summed E-state index contributed by atoms with van der Waals surface area (Å²) in [5.74, 6) is 0.570. The molecular weight excluding hydrogens is 356 g/mol. The number of esters is 1. The zero-order chi connectivity index (χ0) is 18.9. The van der Waals surface area contributed by atoms with Crippen LogP contribution in [0.1, 0.15) is 12.0 Å². The number of nitrogens with zero attached hydrogens (tertiary/aromatic N) is 3. The number of hydrogen-bond donors (Lipinski definition) is 1. The number of ether oxygens (including phenoxy) is 1. The Morgan fingerprint density at radius 1 is 1.23 bits per heavy atom. The van der Waals surface area contributed by atoms with Gasteiger partial charge in [0.1, 0.15) is 0 Å². The van der Waals surface area contributed by atoms with Crippen molar-refractivity contribution in [1.29, 1.82) is 0 Å². The third-order valence-corrected chi connectivity index (χ3v) is 4.46. The average Bonchev–Trinajstić information content (AvgIpc) is 2.65. The number of benzene rings is 1. The summed E-state index contributed by atoms with van der Waals surface area (Å²) in [6.45, 7) is 3.12. The van der Waals surface area contributed by atoms with Gasteiger partial charge < -0.3 is 19.9 Å². The van der Waals surface area contributed by atoms with E-state index < -0.39 is 0 Å².